The fourth-order valence-electron chi connectivity index (χ4n) is 4.02. The third-order valence-electron chi connectivity index (χ3n) is 5.75. The second-order valence-corrected chi connectivity index (χ2v) is 8.73. The molecule has 0 atom stereocenters. The van der Waals surface area contributed by atoms with Gasteiger partial charge in [-0.3, -0.25) is 9.20 Å². The van der Waals surface area contributed by atoms with E-state index in [1.807, 2.05) is 20.9 Å². The Hall–Kier alpha value is -3.19. The molecule has 1 fully saturated rings. The summed E-state index contributed by atoms with van der Waals surface area (Å²) in [4.78, 5) is 22.7. The number of hydrogen-bond donors (Lipinski definition) is 0. The molecule has 1 aliphatic heterocycles. The molecule has 2 aromatic carbocycles. The van der Waals surface area contributed by atoms with Crippen molar-refractivity contribution in [2.24, 2.45) is 0 Å². The number of nitrogens with zero attached hydrogens (tertiary/aromatic N) is 4. The Labute approximate surface area is 184 Å². The predicted molar refractivity (Wildman–Crippen MR) is 122 cm³/mol. The van der Waals surface area contributed by atoms with Crippen LogP contribution >= 0.6 is 11.3 Å². The van der Waals surface area contributed by atoms with E-state index in [0.29, 0.717) is 6.42 Å². The molecular weight excluding hydrogens is 411 g/mol. The van der Waals surface area contributed by atoms with Gasteiger partial charge in [-0.25, -0.2) is 9.37 Å². The lowest BCUT2D eigenvalue weighted by Gasteiger charge is -2.36. The van der Waals surface area contributed by atoms with Crippen LogP contribution in [0.2, 0.25) is 0 Å². The van der Waals surface area contributed by atoms with Crippen LogP contribution in [0.1, 0.15) is 11.3 Å². The summed E-state index contributed by atoms with van der Waals surface area (Å²) in [6, 6.07) is 14.8. The second-order valence-electron chi connectivity index (χ2n) is 7.90. The number of anilines is 1. The first kappa shape index (κ1) is 19.8. The Balaban J connectivity index is 1.26. The Morgan fingerprint density at radius 2 is 1.87 bits per heavy atom. The maximum atomic E-state index is 13.2. The van der Waals surface area contributed by atoms with Crippen molar-refractivity contribution in [3.63, 3.8) is 0 Å². The van der Waals surface area contributed by atoms with Gasteiger partial charge in [0.05, 0.1) is 12.1 Å². The second kappa shape index (κ2) is 8.15. The summed E-state index contributed by atoms with van der Waals surface area (Å²) >= 11 is 1.52. The molecule has 158 valence electrons. The predicted octanol–water partition coefficient (Wildman–Crippen LogP) is 4.40. The first-order valence-corrected chi connectivity index (χ1v) is 11.3. The number of carbonyl (C=O) groups is 1. The lowest BCUT2D eigenvalue weighted by Crippen LogP contribution is -2.49. The monoisotopic (exact) mass is 434 g/mol. The van der Waals surface area contributed by atoms with Crippen molar-refractivity contribution in [3.05, 3.63) is 77.2 Å². The van der Waals surface area contributed by atoms with Crippen LogP contribution in [0.15, 0.2) is 60.1 Å². The fourth-order valence-corrected chi connectivity index (χ4v) is 4.89. The molecule has 31 heavy (non-hydrogen) atoms. The van der Waals surface area contributed by atoms with E-state index in [0.717, 1.165) is 48.1 Å². The Bertz CT molecular complexity index is 1220. The highest BCUT2D eigenvalue weighted by molar-refractivity contribution is 7.15. The molecule has 4 aromatic rings. The highest BCUT2D eigenvalue weighted by atomic mass is 32.1. The number of carbonyl (C=O) groups excluding carboxylic acids is 1. The molecule has 0 spiro atoms. The van der Waals surface area contributed by atoms with Crippen molar-refractivity contribution in [1.29, 1.82) is 0 Å². The van der Waals surface area contributed by atoms with Crippen LogP contribution in [0.4, 0.5) is 10.1 Å². The highest BCUT2D eigenvalue weighted by Crippen LogP contribution is 2.25. The van der Waals surface area contributed by atoms with Gasteiger partial charge in [-0.2, -0.15) is 0 Å². The number of benzene rings is 2. The Kier molecular flexibility index (Phi) is 5.19. The fraction of sp³-hybridized carbons (Fsp3) is 0.250. The van der Waals surface area contributed by atoms with Gasteiger partial charge in [-0.05, 0) is 48.9 Å². The van der Waals surface area contributed by atoms with Crippen LogP contribution in [0.5, 0.6) is 0 Å². The maximum Gasteiger partial charge on any atom is 0.228 e. The number of aromatic nitrogens is 2. The van der Waals surface area contributed by atoms with Crippen molar-refractivity contribution < 1.29 is 9.18 Å². The average molecular weight is 435 g/mol. The molecule has 0 bridgehead atoms. The van der Waals surface area contributed by atoms with Gasteiger partial charge in [0, 0.05) is 54.7 Å². The highest BCUT2D eigenvalue weighted by Gasteiger charge is 2.22. The molecule has 0 saturated carbocycles. The van der Waals surface area contributed by atoms with Crippen LogP contribution in [-0.4, -0.2) is 46.4 Å². The van der Waals surface area contributed by atoms with Gasteiger partial charge < -0.3 is 9.80 Å². The largest absolute Gasteiger partial charge is 0.368 e. The van der Waals surface area contributed by atoms with Crippen LogP contribution in [0, 0.1) is 12.7 Å². The first-order valence-electron chi connectivity index (χ1n) is 10.4. The molecule has 0 N–H and O–H groups in total. The maximum absolute atomic E-state index is 13.2. The van der Waals surface area contributed by atoms with Crippen molar-refractivity contribution in [3.8, 4) is 11.3 Å². The molecule has 1 amide bonds. The molecular formula is C24H23FN4OS. The molecule has 5 nitrogen and oxygen atoms in total. The molecule has 7 heteroatoms. The molecule has 1 saturated heterocycles. The van der Waals surface area contributed by atoms with Crippen molar-refractivity contribution in [2.75, 3.05) is 31.1 Å². The van der Waals surface area contributed by atoms with Crippen LogP contribution in [0.25, 0.3) is 16.2 Å². The summed E-state index contributed by atoms with van der Waals surface area (Å²) in [5.41, 5.74) is 5.05. The molecule has 0 unspecified atom stereocenters. The standard InChI is InChI=1S/C24H23FN4OS/c1-17-3-2-4-20(13-17)27-9-11-28(12-10-27)23(30)14-21-16-31-24-26-22(15-29(21)24)18-5-7-19(25)8-6-18/h2-8,13,15-16H,9-12,14H2,1H3. The normalized spacial score (nSPS) is 14.4. The molecule has 5 rings (SSSR count). The van der Waals surface area contributed by atoms with Crippen molar-refractivity contribution >= 4 is 27.9 Å². The molecule has 3 heterocycles. The third kappa shape index (κ3) is 4.05. The van der Waals surface area contributed by atoms with E-state index >= 15 is 0 Å². The number of halogens is 1. The van der Waals surface area contributed by atoms with Gasteiger partial charge in [0.2, 0.25) is 5.91 Å². The van der Waals surface area contributed by atoms with Gasteiger partial charge in [0.1, 0.15) is 5.82 Å². The smallest absolute Gasteiger partial charge is 0.228 e. The van der Waals surface area contributed by atoms with Gasteiger partial charge in [-0.1, -0.05) is 12.1 Å². The van der Waals surface area contributed by atoms with Gasteiger partial charge in [0.15, 0.2) is 4.96 Å². The van der Waals surface area contributed by atoms with E-state index in [-0.39, 0.29) is 11.7 Å². The summed E-state index contributed by atoms with van der Waals surface area (Å²) in [5, 5.41) is 2.00. The van der Waals surface area contributed by atoms with Gasteiger partial charge in [0.25, 0.3) is 0 Å². The number of thiazole rings is 1. The average Bonchev–Trinajstić information content (AvgIpc) is 3.36. The summed E-state index contributed by atoms with van der Waals surface area (Å²) in [6.45, 7) is 5.24. The summed E-state index contributed by atoms with van der Waals surface area (Å²) in [5.74, 6) is -0.126. The topological polar surface area (TPSA) is 40.8 Å². The molecule has 2 aromatic heterocycles. The number of hydrogen-bond acceptors (Lipinski definition) is 4. The molecule has 0 aliphatic carbocycles. The number of amides is 1. The van der Waals surface area contributed by atoms with Crippen molar-refractivity contribution in [1.82, 2.24) is 14.3 Å². The number of imidazole rings is 1. The molecule has 1 aliphatic rings. The van der Waals surface area contributed by atoms with E-state index in [2.05, 4.69) is 41.1 Å². The quantitative estimate of drug-likeness (QED) is 0.478. The van der Waals surface area contributed by atoms with Gasteiger partial charge >= 0.3 is 0 Å². The van der Waals surface area contributed by atoms with Crippen LogP contribution in [-0.2, 0) is 11.2 Å². The lowest BCUT2D eigenvalue weighted by atomic mass is 10.2. The summed E-state index contributed by atoms with van der Waals surface area (Å²) in [6.07, 6.45) is 2.28. The summed E-state index contributed by atoms with van der Waals surface area (Å²) < 4.78 is 15.2. The number of piperazine rings is 1. The zero-order valence-corrected chi connectivity index (χ0v) is 18.1. The minimum absolute atomic E-state index is 0.139. The summed E-state index contributed by atoms with van der Waals surface area (Å²) in [7, 11) is 0. The van der Waals surface area contributed by atoms with Crippen molar-refractivity contribution in [2.45, 2.75) is 13.3 Å². The zero-order chi connectivity index (χ0) is 21.4. The zero-order valence-electron chi connectivity index (χ0n) is 17.3. The van der Waals surface area contributed by atoms with E-state index in [1.165, 1.54) is 34.7 Å². The van der Waals surface area contributed by atoms with Crippen LogP contribution in [0.3, 0.4) is 0 Å². The van der Waals surface area contributed by atoms with Gasteiger partial charge in [-0.15, -0.1) is 11.3 Å². The number of rotatable bonds is 4. The number of fused-ring (bicyclic) bond motifs is 1. The Morgan fingerprint density at radius 3 is 2.61 bits per heavy atom. The van der Waals surface area contributed by atoms with Crippen LogP contribution < -0.4 is 4.90 Å². The number of aryl methyl sites for hydroxylation is 1. The van der Waals surface area contributed by atoms with E-state index < -0.39 is 0 Å². The Morgan fingerprint density at radius 1 is 1.10 bits per heavy atom. The minimum atomic E-state index is -0.265. The minimum Gasteiger partial charge on any atom is -0.368 e. The van der Waals surface area contributed by atoms with E-state index in [4.69, 9.17) is 0 Å². The third-order valence-corrected chi connectivity index (χ3v) is 6.64. The molecule has 0 radical (unpaired) electrons. The van der Waals surface area contributed by atoms with E-state index in [1.54, 1.807) is 12.1 Å². The first-order chi connectivity index (χ1) is 15.1. The van der Waals surface area contributed by atoms with E-state index in [9.17, 15) is 9.18 Å². The lowest BCUT2D eigenvalue weighted by molar-refractivity contribution is -0.130. The SMILES string of the molecule is Cc1cccc(N2CCN(C(=O)Cc3csc4nc(-c5ccc(F)cc5)cn34)CC2)c1.